The van der Waals surface area contributed by atoms with Crippen molar-refractivity contribution in [1.29, 1.82) is 0 Å². The molecule has 5 rings (SSSR count). The summed E-state index contributed by atoms with van der Waals surface area (Å²) >= 11 is 0. The van der Waals surface area contributed by atoms with E-state index in [-0.39, 0.29) is 29.6 Å². The van der Waals surface area contributed by atoms with Gasteiger partial charge in [-0.05, 0) is 28.3 Å². The largest absolute Gasteiger partial charge is 0.464 e. The van der Waals surface area contributed by atoms with Gasteiger partial charge < -0.3 is 4.74 Å². The topological polar surface area (TPSA) is 116 Å². The van der Waals surface area contributed by atoms with Crippen molar-refractivity contribution in [3.05, 3.63) is 71.2 Å². The number of aromatic nitrogens is 8. The van der Waals surface area contributed by atoms with Gasteiger partial charge in [0.25, 0.3) is 0 Å². The summed E-state index contributed by atoms with van der Waals surface area (Å²) in [4.78, 5) is 17.3. The first-order valence-corrected chi connectivity index (χ1v) is 11.1. The molecule has 2 aromatic carbocycles. The number of fused-ring (bicyclic) bond motifs is 1. The number of carbonyl (C=O) groups excluding carboxylic acids is 1. The Morgan fingerprint density at radius 3 is 2.40 bits per heavy atom. The van der Waals surface area contributed by atoms with Gasteiger partial charge in [0, 0.05) is 47.1 Å². The first-order valence-electron chi connectivity index (χ1n) is 11.1. The molecule has 3 aromatic heterocycles. The van der Waals surface area contributed by atoms with Gasteiger partial charge in [0.15, 0.2) is 17.2 Å². The van der Waals surface area contributed by atoms with Crippen LogP contribution in [0.25, 0.3) is 28.2 Å². The Labute approximate surface area is 224 Å². The van der Waals surface area contributed by atoms with Gasteiger partial charge in [0.05, 0.1) is 13.7 Å². The third-order valence-corrected chi connectivity index (χ3v) is 5.84. The first-order chi connectivity index (χ1) is 16.6. The number of nitrogens with zero attached hydrogens (tertiary/aromatic N) is 7. The molecule has 0 unspecified atom stereocenters. The van der Waals surface area contributed by atoms with Gasteiger partial charge in [-0.2, -0.15) is 9.84 Å². The predicted octanol–water partition coefficient (Wildman–Crippen LogP) is 2.96. The maximum absolute atomic E-state index is 12.7. The second kappa shape index (κ2) is 10.5. The number of methoxy groups -OCH3 is 1. The maximum Gasteiger partial charge on any atom is 0.356 e. The summed E-state index contributed by atoms with van der Waals surface area (Å²) in [6.07, 6.45) is 1.36. The van der Waals surface area contributed by atoms with Gasteiger partial charge in [-0.3, -0.25) is 4.68 Å². The van der Waals surface area contributed by atoms with Crippen LogP contribution in [0.1, 0.15) is 41.3 Å². The van der Waals surface area contributed by atoms with E-state index in [9.17, 15) is 4.79 Å². The summed E-state index contributed by atoms with van der Waals surface area (Å²) in [6.45, 7) is 4.46. The van der Waals surface area contributed by atoms with Crippen LogP contribution in [0.3, 0.4) is 0 Å². The third-order valence-electron chi connectivity index (χ3n) is 5.84. The molecule has 173 valence electrons. The molecule has 0 aliphatic rings. The van der Waals surface area contributed by atoms with Crippen molar-refractivity contribution >= 4 is 41.2 Å². The number of nitrogens with one attached hydrogen (secondary N) is 1. The summed E-state index contributed by atoms with van der Waals surface area (Å²) < 4.78 is 8.66. The van der Waals surface area contributed by atoms with Gasteiger partial charge in [0.2, 0.25) is 5.82 Å². The fraction of sp³-hybridized carbons (Fsp3) is 0.250. The third kappa shape index (κ3) is 4.52. The average Bonchev–Trinajstić information content (AvgIpc) is 3.61. The zero-order valence-corrected chi connectivity index (χ0v) is 22.2. The number of hydrogen-bond donors (Lipinski definition) is 1. The molecule has 5 aromatic rings. The van der Waals surface area contributed by atoms with Crippen LogP contribution in [-0.4, -0.2) is 82.7 Å². The van der Waals surface area contributed by atoms with Crippen molar-refractivity contribution in [2.45, 2.75) is 33.2 Å². The minimum absolute atomic E-state index is 0. The molecule has 0 atom stereocenters. The van der Waals surface area contributed by atoms with Crippen LogP contribution in [0.2, 0.25) is 0 Å². The van der Waals surface area contributed by atoms with Gasteiger partial charge in [-0.15, -0.1) is 15.3 Å². The van der Waals surface area contributed by atoms with Gasteiger partial charge >= 0.3 is 5.97 Å². The van der Waals surface area contributed by atoms with Crippen molar-refractivity contribution < 1.29 is 9.53 Å². The average molecular weight is 480 g/mol. The number of esters is 1. The number of aryl methyl sites for hydroxylation is 2. The summed E-state index contributed by atoms with van der Waals surface area (Å²) in [5.74, 6) is 0.887. The van der Waals surface area contributed by atoms with Crippen LogP contribution in [0.15, 0.2) is 48.5 Å². The van der Waals surface area contributed by atoms with E-state index in [0.717, 1.165) is 33.6 Å². The molecule has 0 amide bonds. The minimum Gasteiger partial charge on any atom is -0.464 e. The molecule has 1 radical (unpaired) electrons. The van der Waals surface area contributed by atoms with Crippen LogP contribution in [-0.2, 0) is 24.1 Å². The van der Waals surface area contributed by atoms with Crippen LogP contribution in [0.4, 0.5) is 0 Å². The van der Waals surface area contributed by atoms with Gasteiger partial charge in [-0.25, -0.2) is 9.78 Å². The molecule has 3 heterocycles. The molecule has 35 heavy (non-hydrogen) atoms. The second-order valence-corrected chi connectivity index (χ2v) is 7.80. The number of H-pyrrole nitrogens is 1. The Morgan fingerprint density at radius 2 is 1.77 bits per heavy atom. The Kier molecular flexibility index (Phi) is 7.44. The number of ether oxygens (including phenoxy) is 1. The van der Waals surface area contributed by atoms with E-state index in [0.29, 0.717) is 36.6 Å². The Bertz CT molecular complexity index is 1460. The van der Waals surface area contributed by atoms with Crippen LogP contribution < -0.4 is 0 Å². The molecular weight excluding hydrogens is 455 g/mol. The molecule has 11 heteroatoms. The number of rotatable bonds is 7. The van der Waals surface area contributed by atoms with Crippen molar-refractivity contribution in [3.63, 3.8) is 0 Å². The number of benzene rings is 2. The van der Waals surface area contributed by atoms with Crippen LogP contribution in [0.5, 0.6) is 0 Å². The fourth-order valence-corrected chi connectivity index (χ4v) is 4.17. The van der Waals surface area contributed by atoms with Gasteiger partial charge in [-0.1, -0.05) is 62.4 Å². The molecule has 0 fully saturated rings. The Morgan fingerprint density at radius 1 is 1.03 bits per heavy atom. The fourth-order valence-electron chi connectivity index (χ4n) is 4.17. The maximum atomic E-state index is 12.7. The summed E-state index contributed by atoms with van der Waals surface area (Å²) in [6, 6.07) is 16.1. The van der Waals surface area contributed by atoms with E-state index >= 15 is 0 Å². The zero-order valence-electron chi connectivity index (χ0n) is 20.2. The molecule has 10 nitrogen and oxygen atoms in total. The Hall–Kier alpha value is -3.34. The van der Waals surface area contributed by atoms with Gasteiger partial charge in [0.1, 0.15) is 0 Å². The Balaban J connectivity index is 0.00000289. The zero-order chi connectivity index (χ0) is 23.7. The van der Waals surface area contributed by atoms with E-state index < -0.39 is 5.97 Å². The van der Waals surface area contributed by atoms with Crippen LogP contribution >= 0.6 is 0 Å². The summed E-state index contributed by atoms with van der Waals surface area (Å²) in [5.41, 5.74) is 5.96. The minimum atomic E-state index is -0.396. The van der Waals surface area contributed by atoms with Crippen molar-refractivity contribution in [1.82, 2.24) is 40.0 Å². The normalized spacial score (nSPS) is 10.9. The van der Waals surface area contributed by atoms with Crippen molar-refractivity contribution in [2.24, 2.45) is 0 Å². The second-order valence-electron chi connectivity index (χ2n) is 7.80. The van der Waals surface area contributed by atoms with E-state index in [1.54, 1.807) is 4.63 Å². The summed E-state index contributed by atoms with van der Waals surface area (Å²) in [7, 11) is 1.39. The summed E-state index contributed by atoms with van der Waals surface area (Å²) in [5, 5.41) is 19.0. The monoisotopic (exact) mass is 479 g/mol. The van der Waals surface area contributed by atoms with Crippen LogP contribution in [0, 0.1) is 0 Å². The first kappa shape index (κ1) is 24.8. The van der Waals surface area contributed by atoms with Crippen molar-refractivity contribution in [2.75, 3.05) is 7.11 Å². The van der Waals surface area contributed by atoms with E-state index in [1.165, 1.54) is 7.11 Å². The molecule has 0 aliphatic heterocycles. The van der Waals surface area contributed by atoms with E-state index in [1.807, 2.05) is 67.1 Å². The number of tetrazole rings is 1. The number of hydrogen-bond acceptors (Lipinski definition) is 7. The van der Waals surface area contributed by atoms with E-state index in [4.69, 9.17) is 4.74 Å². The SMILES string of the molecule is CCc1nc2c(CC)c(C(=O)OC)n(Cc3ccc(-c4ccccc4-c4nn[nH]n4)cc3)n2n1.[Na]. The molecular formula is C24H24N8NaO2. The standard InChI is InChI=1S/C24H24N8O2.Na/c1-4-17-21(24(33)34-3)31(32-23(17)25-20(5-2)28-32)14-15-10-12-16(13-11-15)18-8-6-7-9-19(18)22-26-29-30-27-22;/h6-13H,4-5,14H2,1-3H3,(H,26,27,29,30);. The number of carbonyl (C=O) groups is 1. The van der Waals surface area contributed by atoms with E-state index in [2.05, 4.69) is 30.7 Å². The number of aromatic amines is 1. The molecule has 0 spiro atoms. The molecule has 1 N–H and O–H groups in total. The smallest absolute Gasteiger partial charge is 0.356 e. The molecule has 0 saturated heterocycles. The quantitative estimate of drug-likeness (QED) is 0.282. The molecule has 0 aliphatic carbocycles. The molecule has 0 saturated carbocycles. The molecule has 0 bridgehead atoms. The predicted molar refractivity (Wildman–Crippen MR) is 131 cm³/mol. The van der Waals surface area contributed by atoms with Crippen molar-refractivity contribution in [3.8, 4) is 22.5 Å².